The van der Waals surface area contributed by atoms with Crippen LogP contribution in [0.5, 0.6) is 0 Å². The number of aryl methyl sites for hydroxylation is 2. The molecular weight excluding hydrogens is 237 g/mol. The van der Waals surface area contributed by atoms with E-state index < -0.39 is 10.7 Å². The average molecular weight is 249 g/mol. The summed E-state index contributed by atoms with van der Waals surface area (Å²) in [5, 5.41) is 10.9. The van der Waals surface area contributed by atoms with E-state index in [-0.39, 0.29) is 11.4 Å². The Labute approximate surface area is 103 Å². The Morgan fingerprint density at radius 3 is 2.39 bits per heavy atom. The molecule has 1 aromatic carbocycles. The van der Waals surface area contributed by atoms with Gasteiger partial charge < -0.3 is 0 Å². The zero-order chi connectivity index (χ0) is 13.3. The van der Waals surface area contributed by atoms with E-state index >= 15 is 0 Å². The molecule has 0 atom stereocenters. The van der Waals surface area contributed by atoms with Gasteiger partial charge in [-0.25, -0.2) is 4.39 Å². The molecule has 6 heteroatoms. The Morgan fingerprint density at radius 2 is 1.83 bits per heavy atom. The molecule has 2 aromatic rings. The van der Waals surface area contributed by atoms with E-state index in [1.54, 1.807) is 4.68 Å². The first kappa shape index (κ1) is 12.1. The van der Waals surface area contributed by atoms with Gasteiger partial charge in [-0.2, -0.15) is 0 Å². The summed E-state index contributed by atoms with van der Waals surface area (Å²) in [4.78, 5) is 10.3. The SMILES string of the molecule is Cc1ccc(C)n1Nc1ccc(F)cc1[N+](=O)[O-]. The van der Waals surface area contributed by atoms with Crippen molar-refractivity contribution in [2.75, 3.05) is 5.43 Å². The minimum absolute atomic E-state index is 0.254. The monoisotopic (exact) mass is 249 g/mol. The van der Waals surface area contributed by atoms with Crippen molar-refractivity contribution in [1.82, 2.24) is 4.68 Å². The van der Waals surface area contributed by atoms with Crippen LogP contribution < -0.4 is 5.43 Å². The zero-order valence-electron chi connectivity index (χ0n) is 9.98. The minimum Gasteiger partial charge on any atom is -0.288 e. The molecule has 5 nitrogen and oxygen atoms in total. The van der Waals surface area contributed by atoms with Crippen LogP contribution in [0.2, 0.25) is 0 Å². The Balaban J connectivity index is 2.43. The standard InChI is InChI=1S/C12H12FN3O2/c1-8-3-4-9(2)15(8)14-11-6-5-10(13)7-12(11)16(17)18/h3-7,14H,1-2H3. The van der Waals surface area contributed by atoms with Gasteiger partial charge in [0.15, 0.2) is 0 Å². The van der Waals surface area contributed by atoms with Crippen molar-refractivity contribution in [3.8, 4) is 0 Å². The highest BCUT2D eigenvalue weighted by Crippen LogP contribution is 2.25. The summed E-state index contributed by atoms with van der Waals surface area (Å²) >= 11 is 0. The van der Waals surface area contributed by atoms with Crippen LogP contribution in [0.15, 0.2) is 30.3 Å². The summed E-state index contributed by atoms with van der Waals surface area (Å²) in [6.45, 7) is 3.74. The van der Waals surface area contributed by atoms with E-state index in [9.17, 15) is 14.5 Å². The Hall–Kier alpha value is -2.37. The highest BCUT2D eigenvalue weighted by molar-refractivity contribution is 5.61. The number of anilines is 1. The van der Waals surface area contributed by atoms with Crippen molar-refractivity contribution in [2.45, 2.75) is 13.8 Å². The van der Waals surface area contributed by atoms with Crippen molar-refractivity contribution in [1.29, 1.82) is 0 Å². The van der Waals surface area contributed by atoms with Gasteiger partial charge in [0.1, 0.15) is 11.5 Å². The molecule has 0 fully saturated rings. The van der Waals surface area contributed by atoms with Gasteiger partial charge in [0.05, 0.1) is 11.0 Å². The number of nitrogens with zero attached hydrogens (tertiary/aromatic N) is 2. The lowest BCUT2D eigenvalue weighted by molar-refractivity contribution is -0.384. The minimum atomic E-state index is -0.631. The van der Waals surface area contributed by atoms with Crippen LogP contribution in [0.3, 0.4) is 0 Å². The Morgan fingerprint density at radius 1 is 1.22 bits per heavy atom. The number of nitrogens with one attached hydrogen (secondary N) is 1. The second kappa shape index (κ2) is 4.48. The third-order valence-electron chi connectivity index (χ3n) is 2.66. The van der Waals surface area contributed by atoms with Crippen molar-refractivity contribution >= 4 is 11.4 Å². The first-order valence-corrected chi connectivity index (χ1v) is 5.35. The normalized spacial score (nSPS) is 10.4. The second-order valence-electron chi connectivity index (χ2n) is 3.98. The number of nitro benzene ring substituents is 1. The lowest BCUT2D eigenvalue weighted by Crippen LogP contribution is -2.13. The molecule has 0 amide bonds. The van der Waals surface area contributed by atoms with Crippen LogP contribution in [0, 0.1) is 29.8 Å². The van der Waals surface area contributed by atoms with Gasteiger partial charge in [0, 0.05) is 11.4 Å². The van der Waals surface area contributed by atoms with E-state index in [1.165, 1.54) is 12.1 Å². The lowest BCUT2D eigenvalue weighted by Gasteiger charge is -2.12. The van der Waals surface area contributed by atoms with Gasteiger partial charge in [-0.1, -0.05) is 0 Å². The fraction of sp³-hybridized carbons (Fsp3) is 0.167. The third kappa shape index (κ3) is 2.17. The third-order valence-corrected chi connectivity index (χ3v) is 2.66. The van der Waals surface area contributed by atoms with Crippen LogP contribution >= 0.6 is 0 Å². The van der Waals surface area contributed by atoms with Crippen LogP contribution in [0.1, 0.15) is 11.4 Å². The van der Waals surface area contributed by atoms with Gasteiger partial charge in [0.2, 0.25) is 0 Å². The lowest BCUT2D eigenvalue weighted by atomic mass is 10.2. The van der Waals surface area contributed by atoms with Crippen molar-refractivity contribution < 1.29 is 9.31 Å². The fourth-order valence-electron chi connectivity index (χ4n) is 1.72. The summed E-state index contributed by atoms with van der Waals surface area (Å²) < 4.78 is 14.7. The summed E-state index contributed by atoms with van der Waals surface area (Å²) in [5.41, 5.74) is 4.69. The smallest absolute Gasteiger partial charge is 0.288 e. The number of nitro groups is 1. The number of benzene rings is 1. The number of aromatic nitrogens is 1. The molecule has 0 radical (unpaired) electrons. The van der Waals surface area contributed by atoms with E-state index in [0.717, 1.165) is 17.5 Å². The maximum Gasteiger partial charge on any atom is 0.297 e. The summed E-state index contributed by atoms with van der Waals surface area (Å²) in [7, 11) is 0. The van der Waals surface area contributed by atoms with Crippen molar-refractivity contribution in [3.05, 3.63) is 57.7 Å². The maximum atomic E-state index is 13.0. The zero-order valence-corrected chi connectivity index (χ0v) is 9.98. The summed E-state index contributed by atoms with van der Waals surface area (Å²) in [6.07, 6.45) is 0. The topological polar surface area (TPSA) is 60.1 Å². The summed E-state index contributed by atoms with van der Waals surface area (Å²) in [5.74, 6) is -0.631. The van der Waals surface area contributed by atoms with Crippen LogP contribution in [-0.4, -0.2) is 9.60 Å². The van der Waals surface area contributed by atoms with Crippen LogP contribution in [0.4, 0.5) is 15.8 Å². The van der Waals surface area contributed by atoms with Crippen LogP contribution in [-0.2, 0) is 0 Å². The van der Waals surface area contributed by atoms with Gasteiger partial charge >= 0.3 is 0 Å². The molecule has 1 N–H and O–H groups in total. The number of halogens is 1. The number of hydrogen-bond acceptors (Lipinski definition) is 3. The van der Waals surface area contributed by atoms with E-state index in [1.807, 2.05) is 26.0 Å². The van der Waals surface area contributed by atoms with Gasteiger partial charge in [-0.05, 0) is 38.1 Å². The Bertz CT molecular complexity index is 588. The van der Waals surface area contributed by atoms with E-state index in [4.69, 9.17) is 0 Å². The molecule has 0 aliphatic carbocycles. The molecule has 0 unspecified atom stereocenters. The van der Waals surface area contributed by atoms with Crippen LogP contribution in [0.25, 0.3) is 0 Å². The largest absolute Gasteiger partial charge is 0.297 e. The molecule has 0 saturated carbocycles. The van der Waals surface area contributed by atoms with Gasteiger partial charge in [-0.3, -0.25) is 20.2 Å². The van der Waals surface area contributed by atoms with E-state index in [2.05, 4.69) is 5.43 Å². The van der Waals surface area contributed by atoms with E-state index in [0.29, 0.717) is 0 Å². The first-order valence-electron chi connectivity index (χ1n) is 5.35. The molecule has 0 saturated heterocycles. The first-order chi connectivity index (χ1) is 8.49. The average Bonchev–Trinajstić information content (AvgIpc) is 2.62. The van der Waals surface area contributed by atoms with Gasteiger partial charge in [-0.15, -0.1) is 0 Å². The highest BCUT2D eigenvalue weighted by Gasteiger charge is 2.15. The molecule has 0 aliphatic rings. The molecule has 2 rings (SSSR count). The predicted octanol–water partition coefficient (Wildman–Crippen LogP) is 3.03. The summed E-state index contributed by atoms with van der Waals surface area (Å²) in [6, 6.07) is 7.21. The molecule has 0 aliphatic heterocycles. The van der Waals surface area contributed by atoms with Gasteiger partial charge in [0.25, 0.3) is 5.69 Å². The molecule has 0 spiro atoms. The molecule has 1 heterocycles. The quantitative estimate of drug-likeness (QED) is 0.671. The molecule has 18 heavy (non-hydrogen) atoms. The maximum absolute atomic E-state index is 13.0. The Kier molecular flexibility index (Phi) is 3.01. The highest BCUT2D eigenvalue weighted by atomic mass is 19.1. The fourth-order valence-corrected chi connectivity index (χ4v) is 1.72. The van der Waals surface area contributed by atoms with Crippen molar-refractivity contribution in [3.63, 3.8) is 0 Å². The molecule has 94 valence electrons. The predicted molar refractivity (Wildman–Crippen MR) is 66.0 cm³/mol. The number of hydrogen-bond donors (Lipinski definition) is 1. The molecular formula is C12H12FN3O2. The second-order valence-corrected chi connectivity index (χ2v) is 3.98. The molecule has 1 aromatic heterocycles. The van der Waals surface area contributed by atoms with Crippen molar-refractivity contribution in [2.24, 2.45) is 0 Å². The molecule has 0 bridgehead atoms. The number of rotatable bonds is 3.